The fourth-order valence-electron chi connectivity index (χ4n) is 3.44. The largest absolute Gasteiger partial charge is 0.415 e. The minimum Gasteiger partial charge on any atom is -0.382 e. The molecule has 2 aromatic carbocycles. The third-order valence-electron chi connectivity index (χ3n) is 5.49. The minimum absolute atomic E-state index is 0.107. The van der Waals surface area contributed by atoms with Crippen molar-refractivity contribution in [2.45, 2.75) is 39.0 Å². The number of Topliss-reactive ketones (excluding diaryl/α,β-unsaturated/α-hetero) is 1. The Morgan fingerprint density at radius 2 is 1.87 bits per heavy atom. The molecule has 0 aliphatic heterocycles. The first-order chi connectivity index (χ1) is 18.0. The molecular weight excluding hydrogens is 491 g/mol. The van der Waals surface area contributed by atoms with E-state index in [1.165, 1.54) is 18.0 Å². The first-order valence-electron chi connectivity index (χ1n) is 11.9. The monoisotopic (exact) mass is 521 g/mol. The number of anilines is 1. The van der Waals surface area contributed by atoms with Gasteiger partial charge in [-0.05, 0) is 55.3 Å². The number of pyridine rings is 1. The molecule has 38 heavy (non-hydrogen) atoms. The van der Waals surface area contributed by atoms with E-state index >= 15 is 0 Å². The molecule has 1 aromatic heterocycles. The lowest BCUT2D eigenvalue weighted by Crippen LogP contribution is -2.24. The molecule has 0 radical (unpaired) electrons. The number of alkyl halides is 3. The van der Waals surface area contributed by atoms with E-state index in [9.17, 15) is 23.1 Å². The second-order valence-corrected chi connectivity index (χ2v) is 8.52. The summed E-state index contributed by atoms with van der Waals surface area (Å²) in [6, 6.07) is 21.6. The van der Waals surface area contributed by atoms with Crippen LogP contribution in [0.25, 0.3) is 0 Å². The average Bonchev–Trinajstić information content (AvgIpc) is 2.91. The lowest BCUT2D eigenvalue weighted by Gasteiger charge is -2.23. The molecule has 0 saturated heterocycles. The van der Waals surface area contributed by atoms with Crippen molar-refractivity contribution in [3.05, 3.63) is 119 Å². The van der Waals surface area contributed by atoms with Crippen LogP contribution in [-0.4, -0.2) is 29.1 Å². The summed E-state index contributed by atoms with van der Waals surface area (Å²) in [5.41, 5.74) is 2.31. The van der Waals surface area contributed by atoms with Gasteiger partial charge in [-0.15, -0.1) is 0 Å². The predicted octanol–water partition coefficient (Wildman–Crippen LogP) is 6.84. The van der Waals surface area contributed by atoms with Gasteiger partial charge in [-0.2, -0.15) is 18.4 Å². The molecule has 1 atom stereocenters. The highest BCUT2D eigenvalue weighted by molar-refractivity contribution is 5.99. The second kappa shape index (κ2) is 13.9. The summed E-state index contributed by atoms with van der Waals surface area (Å²) in [5.74, 6) is -0.414. The van der Waals surface area contributed by atoms with E-state index in [1.807, 2.05) is 55.5 Å². The van der Waals surface area contributed by atoms with Crippen LogP contribution in [0, 0.1) is 18.3 Å². The van der Waals surface area contributed by atoms with Gasteiger partial charge in [0.25, 0.3) is 0 Å². The number of rotatable bonds is 8. The zero-order chi connectivity index (χ0) is 28.3. The van der Waals surface area contributed by atoms with Crippen LogP contribution >= 0.6 is 0 Å². The van der Waals surface area contributed by atoms with E-state index in [2.05, 4.69) is 11.6 Å². The number of carbonyl (C=O) groups is 1. The molecule has 8 heteroatoms. The highest BCUT2D eigenvalue weighted by Crippen LogP contribution is 2.28. The number of nitrogens with zero attached hydrogens (tertiary/aromatic N) is 3. The number of benzene rings is 2. The number of ketones is 1. The number of nitriles is 1. The van der Waals surface area contributed by atoms with Gasteiger partial charge in [0.05, 0.1) is 28.6 Å². The molecule has 3 aromatic rings. The Kier molecular flexibility index (Phi) is 11.0. The normalized spacial score (nSPS) is 12.0. The van der Waals surface area contributed by atoms with Gasteiger partial charge in [-0.1, -0.05) is 55.5 Å². The standard InChI is InChI=1S/C17H17F3N2O.C13H13NO/c1-4-6-16(23)15(9-12(2)17(18,19)20)22(3)14-8-5-7-13(10-14)11-21;1-10-5-4-6-11(9-10)13(15)12-7-2-3-8-14-12/h5,7-10H,2,4,6H2,1,3H3;2-9,13,15H,1H3/b15-9-;. The van der Waals surface area contributed by atoms with Gasteiger partial charge in [-0.25, -0.2) is 0 Å². The molecule has 5 nitrogen and oxygen atoms in total. The van der Waals surface area contributed by atoms with Crippen LogP contribution in [0.15, 0.2) is 96.9 Å². The maximum Gasteiger partial charge on any atom is 0.415 e. The highest BCUT2D eigenvalue weighted by Gasteiger charge is 2.31. The number of hydrogen-bond acceptors (Lipinski definition) is 5. The molecule has 1 unspecified atom stereocenters. The Morgan fingerprint density at radius 1 is 1.16 bits per heavy atom. The van der Waals surface area contributed by atoms with Gasteiger partial charge in [0.2, 0.25) is 0 Å². The summed E-state index contributed by atoms with van der Waals surface area (Å²) in [4.78, 5) is 17.7. The number of allylic oxidation sites excluding steroid dienone is 3. The number of halogens is 3. The van der Waals surface area contributed by atoms with E-state index in [0.29, 0.717) is 23.4 Å². The molecule has 3 rings (SSSR count). The molecule has 0 spiro atoms. The van der Waals surface area contributed by atoms with E-state index in [-0.39, 0.29) is 12.1 Å². The summed E-state index contributed by atoms with van der Waals surface area (Å²) >= 11 is 0. The Bertz CT molecular complexity index is 1310. The van der Waals surface area contributed by atoms with Gasteiger partial charge in [0, 0.05) is 25.4 Å². The molecule has 198 valence electrons. The van der Waals surface area contributed by atoms with Gasteiger partial charge >= 0.3 is 6.18 Å². The molecule has 0 saturated carbocycles. The Labute approximate surface area is 221 Å². The number of likely N-dealkylation sites (N-methyl/N-ethyl adjacent to an activating group) is 1. The third kappa shape index (κ3) is 8.71. The fourth-order valence-corrected chi connectivity index (χ4v) is 3.44. The number of aliphatic hydroxyl groups is 1. The Hall–Kier alpha value is -4.22. The van der Waals surface area contributed by atoms with Gasteiger partial charge in [0.1, 0.15) is 6.10 Å². The van der Waals surface area contributed by atoms with Gasteiger partial charge in [0.15, 0.2) is 5.78 Å². The Morgan fingerprint density at radius 3 is 2.45 bits per heavy atom. The topological polar surface area (TPSA) is 77.2 Å². The highest BCUT2D eigenvalue weighted by atomic mass is 19.4. The Balaban J connectivity index is 0.000000290. The van der Waals surface area contributed by atoms with E-state index in [0.717, 1.165) is 17.2 Å². The van der Waals surface area contributed by atoms with Crippen molar-refractivity contribution in [2.24, 2.45) is 0 Å². The van der Waals surface area contributed by atoms with Gasteiger partial charge in [-0.3, -0.25) is 9.78 Å². The molecular formula is C30H30F3N3O2. The molecule has 1 N–H and O–H groups in total. The van der Waals surface area contributed by atoms with Crippen molar-refractivity contribution >= 4 is 11.5 Å². The number of aromatic nitrogens is 1. The fraction of sp³-hybridized carbons (Fsp3) is 0.233. The zero-order valence-corrected chi connectivity index (χ0v) is 21.5. The summed E-state index contributed by atoms with van der Waals surface area (Å²) < 4.78 is 38.2. The predicted molar refractivity (Wildman–Crippen MR) is 142 cm³/mol. The molecule has 1 heterocycles. The summed E-state index contributed by atoms with van der Waals surface area (Å²) in [5, 5.41) is 19.0. The first kappa shape index (κ1) is 30.0. The summed E-state index contributed by atoms with van der Waals surface area (Å²) in [6.45, 7) is 6.76. The van der Waals surface area contributed by atoms with E-state index in [1.54, 1.807) is 31.3 Å². The van der Waals surface area contributed by atoms with Crippen LogP contribution in [-0.2, 0) is 4.79 Å². The smallest absolute Gasteiger partial charge is 0.382 e. The van der Waals surface area contributed by atoms with Crippen LogP contribution in [0.5, 0.6) is 0 Å². The lowest BCUT2D eigenvalue weighted by molar-refractivity contribution is -0.115. The second-order valence-electron chi connectivity index (χ2n) is 8.52. The van der Waals surface area contributed by atoms with Crippen LogP contribution in [0.2, 0.25) is 0 Å². The summed E-state index contributed by atoms with van der Waals surface area (Å²) in [7, 11) is 1.49. The van der Waals surface area contributed by atoms with Gasteiger partial charge < -0.3 is 10.0 Å². The van der Waals surface area contributed by atoms with Crippen LogP contribution < -0.4 is 4.90 Å². The van der Waals surface area contributed by atoms with E-state index < -0.39 is 23.6 Å². The quantitative estimate of drug-likeness (QED) is 0.259. The van der Waals surface area contributed by atoms with Crippen LogP contribution in [0.1, 0.15) is 48.3 Å². The molecule has 0 bridgehead atoms. The van der Waals surface area contributed by atoms with Crippen molar-refractivity contribution in [1.82, 2.24) is 4.98 Å². The maximum atomic E-state index is 12.7. The SMILES string of the molecule is C=C(/C=C(/C(=O)CCC)N(C)c1cccc(C#N)c1)C(F)(F)F.Cc1cccc(C(O)c2ccccn2)c1. The first-order valence-corrected chi connectivity index (χ1v) is 11.9. The van der Waals surface area contributed by atoms with Crippen LogP contribution in [0.3, 0.4) is 0 Å². The van der Waals surface area contributed by atoms with E-state index in [4.69, 9.17) is 5.26 Å². The van der Waals surface area contributed by atoms with Crippen molar-refractivity contribution < 1.29 is 23.1 Å². The average molecular weight is 522 g/mol. The number of hydrogen-bond donors (Lipinski definition) is 1. The number of aryl methyl sites for hydroxylation is 1. The molecule has 0 amide bonds. The third-order valence-corrected chi connectivity index (χ3v) is 5.49. The van der Waals surface area contributed by atoms with Crippen molar-refractivity contribution in [3.63, 3.8) is 0 Å². The minimum atomic E-state index is -4.60. The van der Waals surface area contributed by atoms with Crippen molar-refractivity contribution in [2.75, 3.05) is 11.9 Å². The molecule has 0 aliphatic carbocycles. The van der Waals surface area contributed by atoms with Crippen molar-refractivity contribution in [3.8, 4) is 6.07 Å². The number of aliphatic hydroxyl groups excluding tert-OH is 1. The maximum absolute atomic E-state index is 12.7. The number of carbonyl (C=O) groups excluding carboxylic acids is 1. The van der Waals surface area contributed by atoms with Crippen molar-refractivity contribution in [1.29, 1.82) is 5.26 Å². The lowest BCUT2D eigenvalue weighted by atomic mass is 10.0. The zero-order valence-electron chi connectivity index (χ0n) is 21.5. The molecule has 0 aliphatic rings. The summed E-state index contributed by atoms with van der Waals surface area (Å²) in [6.07, 6.45) is -2.16. The van der Waals surface area contributed by atoms with Crippen LogP contribution in [0.4, 0.5) is 18.9 Å². The molecule has 0 fully saturated rings.